The molecule has 2 rings (SSSR count). The van der Waals surface area contributed by atoms with Crippen molar-refractivity contribution >= 4 is 27.4 Å². The normalized spacial score (nSPS) is 12.4. The molecule has 0 aliphatic rings. The maximum atomic E-state index is 12.2. The Balaban J connectivity index is 2.71. The van der Waals surface area contributed by atoms with E-state index in [1.807, 2.05) is 0 Å². The first-order valence-electron chi connectivity index (χ1n) is 7.66. The van der Waals surface area contributed by atoms with Gasteiger partial charge in [0.1, 0.15) is 11.3 Å². The molecular formula is C18H18N2O6S. The Kier molecular flexibility index (Phi) is 6.67. The zero-order valence-corrected chi connectivity index (χ0v) is 15.8. The number of oxime groups is 1. The van der Waals surface area contributed by atoms with Crippen LogP contribution in [0.5, 0.6) is 0 Å². The number of pyridine rings is 1. The number of nitrogens with zero attached hydrogens (tertiary/aromatic N) is 2. The van der Waals surface area contributed by atoms with Crippen LogP contribution in [0.15, 0.2) is 60.1 Å². The van der Waals surface area contributed by atoms with Gasteiger partial charge >= 0.3 is 16.1 Å². The lowest BCUT2D eigenvalue weighted by Gasteiger charge is -2.13. The molecule has 0 spiro atoms. The number of carbonyl (C=O) groups is 1. The highest BCUT2D eigenvalue weighted by Gasteiger charge is 2.21. The number of methoxy groups -OCH3 is 2. The Labute approximate surface area is 157 Å². The van der Waals surface area contributed by atoms with E-state index in [-0.39, 0.29) is 11.3 Å². The number of hydrogen-bond acceptors (Lipinski definition) is 8. The second-order valence-corrected chi connectivity index (χ2v) is 6.80. The summed E-state index contributed by atoms with van der Waals surface area (Å²) in [5.41, 5.74) is 1.43. The Hall–Kier alpha value is -3.20. The maximum absolute atomic E-state index is 12.2. The van der Waals surface area contributed by atoms with E-state index >= 15 is 0 Å². The van der Waals surface area contributed by atoms with E-state index in [1.54, 1.807) is 42.5 Å². The lowest BCUT2D eigenvalue weighted by atomic mass is 9.95. The second kappa shape index (κ2) is 8.95. The first-order chi connectivity index (χ1) is 12.9. The van der Waals surface area contributed by atoms with Gasteiger partial charge in [0, 0.05) is 17.3 Å². The highest BCUT2D eigenvalue weighted by Crippen LogP contribution is 2.24. The average Bonchev–Trinajstić information content (AvgIpc) is 2.66. The van der Waals surface area contributed by atoms with Crippen LogP contribution in [-0.4, -0.2) is 45.6 Å². The summed E-state index contributed by atoms with van der Waals surface area (Å²) in [6, 6.07) is 11.8. The average molecular weight is 390 g/mol. The van der Waals surface area contributed by atoms with Crippen LogP contribution in [0, 0.1) is 0 Å². The highest BCUT2D eigenvalue weighted by molar-refractivity contribution is 7.85. The fraction of sp³-hybridized carbons (Fsp3) is 0.167. The van der Waals surface area contributed by atoms with Gasteiger partial charge in [0.05, 0.1) is 32.4 Å². The number of ether oxygens (including phenoxy) is 2. The van der Waals surface area contributed by atoms with Gasteiger partial charge in [-0.25, -0.2) is 4.79 Å². The first kappa shape index (κ1) is 20.1. The predicted octanol–water partition coefficient (Wildman–Crippen LogP) is 1.97. The lowest BCUT2D eigenvalue weighted by Crippen LogP contribution is -2.13. The van der Waals surface area contributed by atoms with Gasteiger partial charge < -0.3 is 9.47 Å². The minimum atomic E-state index is -3.85. The van der Waals surface area contributed by atoms with Crippen LogP contribution in [-0.2, 0) is 28.7 Å². The fourth-order valence-corrected chi connectivity index (χ4v) is 2.43. The van der Waals surface area contributed by atoms with Gasteiger partial charge in [0.15, 0.2) is 0 Å². The van der Waals surface area contributed by atoms with Gasteiger partial charge in [-0.2, -0.15) is 8.42 Å². The fourth-order valence-electron chi connectivity index (χ4n) is 2.22. The van der Waals surface area contributed by atoms with Crippen LogP contribution in [0.2, 0.25) is 0 Å². The Morgan fingerprint density at radius 2 is 1.74 bits per heavy atom. The monoisotopic (exact) mass is 390 g/mol. The summed E-state index contributed by atoms with van der Waals surface area (Å²) < 4.78 is 37.3. The number of hydrogen-bond donors (Lipinski definition) is 0. The summed E-state index contributed by atoms with van der Waals surface area (Å²) in [6.45, 7) is 0. The van der Waals surface area contributed by atoms with Crippen molar-refractivity contribution in [2.75, 3.05) is 20.5 Å². The molecule has 0 amide bonds. The van der Waals surface area contributed by atoms with Crippen molar-refractivity contribution in [1.29, 1.82) is 0 Å². The summed E-state index contributed by atoms with van der Waals surface area (Å²) in [5.74, 6) is -0.631. The molecule has 27 heavy (non-hydrogen) atoms. The van der Waals surface area contributed by atoms with Gasteiger partial charge in [-0.3, -0.25) is 9.27 Å². The third-order valence-electron chi connectivity index (χ3n) is 3.28. The van der Waals surface area contributed by atoms with Crippen LogP contribution < -0.4 is 0 Å². The Bertz CT molecular complexity index is 968. The summed E-state index contributed by atoms with van der Waals surface area (Å²) in [4.78, 5) is 16.4. The molecule has 0 N–H and O–H groups in total. The summed E-state index contributed by atoms with van der Waals surface area (Å²) in [7, 11) is -1.21. The van der Waals surface area contributed by atoms with Crippen molar-refractivity contribution in [1.82, 2.24) is 4.98 Å². The molecule has 8 nitrogen and oxygen atoms in total. The van der Waals surface area contributed by atoms with Crippen LogP contribution >= 0.6 is 0 Å². The minimum absolute atomic E-state index is 0.124. The molecule has 142 valence electrons. The molecule has 0 bridgehead atoms. The molecule has 2 aromatic rings. The molecule has 0 fully saturated rings. The largest absolute Gasteiger partial charge is 0.503 e. The van der Waals surface area contributed by atoms with Crippen molar-refractivity contribution in [2.24, 2.45) is 5.16 Å². The lowest BCUT2D eigenvalue weighted by molar-refractivity contribution is -0.133. The molecule has 1 aromatic carbocycles. The third kappa shape index (κ3) is 5.38. The van der Waals surface area contributed by atoms with E-state index in [0.717, 1.165) is 6.26 Å². The molecule has 1 aromatic heterocycles. The van der Waals surface area contributed by atoms with Crippen LogP contribution in [0.4, 0.5) is 0 Å². The molecule has 1 heterocycles. The van der Waals surface area contributed by atoms with E-state index in [4.69, 9.17) is 9.47 Å². The van der Waals surface area contributed by atoms with Crippen molar-refractivity contribution < 1.29 is 27.0 Å². The van der Waals surface area contributed by atoms with Gasteiger partial charge in [-0.1, -0.05) is 35.5 Å². The number of esters is 1. The smallest absolute Gasteiger partial charge is 0.341 e. The molecule has 0 atom stereocenters. The van der Waals surface area contributed by atoms with Crippen molar-refractivity contribution in [3.63, 3.8) is 0 Å². The molecule has 0 radical (unpaired) electrons. The molecule has 0 saturated heterocycles. The summed E-state index contributed by atoms with van der Waals surface area (Å²) >= 11 is 0. The molecule has 0 unspecified atom stereocenters. The van der Waals surface area contributed by atoms with E-state index in [2.05, 4.69) is 14.4 Å². The number of rotatable bonds is 7. The SMILES string of the molecule is CO/C=C(/C(=O)OC)c1ccccc1/C(=N/OS(C)(=O)=O)c1ccccn1. The third-order valence-corrected chi connectivity index (χ3v) is 3.63. The summed E-state index contributed by atoms with van der Waals surface area (Å²) in [6.07, 6.45) is 3.64. The molecular weight excluding hydrogens is 372 g/mol. The molecule has 0 aliphatic carbocycles. The number of benzene rings is 1. The standard InChI is InChI=1S/C18H18N2O6S/c1-24-12-15(18(21)25-2)13-8-4-5-9-14(13)17(20-26-27(3,22)23)16-10-6-7-11-19-16/h4-12H,1-3H3/b15-12+,20-17-. The molecule has 0 saturated carbocycles. The van der Waals surface area contributed by atoms with Crippen molar-refractivity contribution in [2.45, 2.75) is 0 Å². The van der Waals surface area contributed by atoms with Gasteiger partial charge in [-0.05, 0) is 12.1 Å². The first-order valence-corrected chi connectivity index (χ1v) is 9.48. The number of carbonyl (C=O) groups excluding carboxylic acids is 1. The molecule has 0 aliphatic heterocycles. The van der Waals surface area contributed by atoms with Crippen LogP contribution in [0.25, 0.3) is 5.57 Å². The van der Waals surface area contributed by atoms with Gasteiger partial charge in [0.25, 0.3) is 0 Å². The van der Waals surface area contributed by atoms with Crippen molar-refractivity contribution in [3.05, 3.63) is 71.7 Å². The molecule has 9 heteroatoms. The van der Waals surface area contributed by atoms with Gasteiger partial charge in [0.2, 0.25) is 0 Å². The maximum Gasteiger partial charge on any atom is 0.341 e. The second-order valence-electron chi connectivity index (χ2n) is 5.24. The van der Waals surface area contributed by atoms with E-state index < -0.39 is 16.1 Å². The quantitative estimate of drug-likeness (QED) is 0.234. The minimum Gasteiger partial charge on any atom is -0.503 e. The summed E-state index contributed by atoms with van der Waals surface area (Å²) in [5, 5.41) is 3.77. The van der Waals surface area contributed by atoms with E-state index in [0.29, 0.717) is 16.8 Å². The predicted molar refractivity (Wildman–Crippen MR) is 99.2 cm³/mol. The van der Waals surface area contributed by atoms with Crippen LogP contribution in [0.1, 0.15) is 16.8 Å². The number of aromatic nitrogens is 1. The zero-order valence-electron chi connectivity index (χ0n) is 14.9. The topological polar surface area (TPSA) is 104 Å². The van der Waals surface area contributed by atoms with Crippen molar-refractivity contribution in [3.8, 4) is 0 Å². The van der Waals surface area contributed by atoms with Crippen LogP contribution in [0.3, 0.4) is 0 Å². The van der Waals surface area contributed by atoms with E-state index in [9.17, 15) is 13.2 Å². The van der Waals surface area contributed by atoms with Gasteiger partial charge in [-0.15, -0.1) is 0 Å². The Morgan fingerprint density at radius 1 is 1.07 bits per heavy atom. The Morgan fingerprint density at radius 3 is 2.30 bits per heavy atom. The van der Waals surface area contributed by atoms with E-state index in [1.165, 1.54) is 26.7 Å². The highest BCUT2D eigenvalue weighted by atomic mass is 32.2. The zero-order chi connectivity index (χ0) is 19.9.